The number of amides is 1. The minimum absolute atomic E-state index is 0.0136. The van der Waals surface area contributed by atoms with E-state index in [0.29, 0.717) is 25.1 Å². The Hall–Kier alpha value is -1.73. The summed E-state index contributed by atoms with van der Waals surface area (Å²) in [6.07, 6.45) is 3.86. The van der Waals surface area contributed by atoms with Gasteiger partial charge in [-0.1, -0.05) is 0 Å². The Morgan fingerprint density at radius 1 is 1.27 bits per heavy atom. The zero-order valence-corrected chi connectivity index (χ0v) is 16.0. The lowest BCUT2D eigenvalue weighted by molar-refractivity contribution is -0.144. The first kappa shape index (κ1) is 19.0. The largest absolute Gasteiger partial charge is 0.381 e. The van der Waals surface area contributed by atoms with E-state index in [1.807, 2.05) is 13.8 Å². The van der Waals surface area contributed by atoms with Gasteiger partial charge in [-0.3, -0.25) is 14.3 Å². The molecule has 1 aromatic heterocycles. The van der Waals surface area contributed by atoms with Crippen molar-refractivity contribution in [3.63, 3.8) is 0 Å². The number of Topliss-reactive ketones (excluding diaryl/α,β-unsaturated/α-hetero) is 1. The van der Waals surface area contributed by atoms with Crippen molar-refractivity contribution < 1.29 is 19.1 Å². The number of hydrogen-bond donors (Lipinski definition) is 1. The number of carbonyl (C=O) groups excluding carboxylic acids is 2. The highest BCUT2D eigenvalue weighted by Crippen LogP contribution is 2.34. The van der Waals surface area contributed by atoms with Gasteiger partial charge >= 0.3 is 0 Å². The van der Waals surface area contributed by atoms with Gasteiger partial charge in [-0.15, -0.1) is 0 Å². The second-order valence-electron chi connectivity index (χ2n) is 7.48. The van der Waals surface area contributed by atoms with E-state index in [0.717, 1.165) is 50.3 Å². The van der Waals surface area contributed by atoms with E-state index in [2.05, 4.69) is 10.4 Å². The molecule has 0 aromatic carbocycles. The van der Waals surface area contributed by atoms with E-state index in [-0.39, 0.29) is 23.3 Å². The van der Waals surface area contributed by atoms with Crippen molar-refractivity contribution in [2.45, 2.75) is 71.1 Å². The molecule has 7 nitrogen and oxygen atoms in total. The van der Waals surface area contributed by atoms with E-state index < -0.39 is 0 Å². The highest BCUT2D eigenvalue weighted by molar-refractivity contribution is 5.96. The van der Waals surface area contributed by atoms with Crippen LogP contribution in [-0.4, -0.2) is 52.9 Å². The maximum Gasteiger partial charge on any atom is 0.222 e. The van der Waals surface area contributed by atoms with E-state index in [4.69, 9.17) is 9.47 Å². The van der Waals surface area contributed by atoms with Gasteiger partial charge in [0.15, 0.2) is 5.78 Å². The highest BCUT2D eigenvalue weighted by atomic mass is 16.5. The summed E-state index contributed by atoms with van der Waals surface area (Å²) >= 11 is 0. The van der Waals surface area contributed by atoms with Crippen LogP contribution in [0.2, 0.25) is 0 Å². The fraction of sp³-hybridized carbons (Fsp3) is 0.737. The Morgan fingerprint density at radius 3 is 2.65 bits per heavy atom. The molecule has 3 heterocycles. The van der Waals surface area contributed by atoms with Crippen LogP contribution >= 0.6 is 0 Å². The average molecular weight is 363 g/mol. The van der Waals surface area contributed by atoms with Gasteiger partial charge in [0, 0.05) is 44.5 Å². The molecule has 1 unspecified atom stereocenters. The second kappa shape index (κ2) is 7.88. The minimum atomic E-state index is -0.124. The second-order valence-corrected chi connectivity index (χ2v) is 7.48. The van der Waals surface area contributed by atoms with Crippen LogP contribution < -0.4 is 5.32 Å². The molecule has 1 atom stereocenters. The Kier molecular flexibility index (Phi) is 5.77. The standard InChI is InChI=1S/C19H29N3O4/c1-13-18(15(3)23)14(2)22(21-13)8-4-17(24)20-16-5-9-26-19(12-16)6-10-25-11-7-19/h16H,4-12H2,1-3H3,(H,20,24). The van der Waals surface area contributed by atoms with Gasteiger partial charge in [0.1, 0.15) is 0 Å². The molecular weight excluding hydrogens is 334 g/mol. The lowest BCUT2D eigenvalue weighted by atomic mass is 9.84. The first-order valence-electron chi connectivity index (χ1n) is 9.46. The van der Waals surface area contributed by atoms with Crippen molar-refractivity contribution >= 4 is 11.7 Å². The third-order valence-electron chi connectivity index (χ3n) is 5.55. The van der Waals surface area contributed by atoms with Crippen LogP contribution in [0.1, 0.15) is 60.8 Å². The molecule has 2 aliphatic heterocycles. The SMILES string of the molecule is CC(=O)c1c(C)nn(CCC(=O)NC2CCOC3(CCOCC3)C2)c1C. The van der Waals surface area contributed by atoms with Crippen molar-refractivity contribution in [1.29, 1.82) is 0 Å². The van der Waals surface area contributed by atoms with Crippen LogP contribution in [0, 0.1) is 13.8 Å². The number of ether oxygens (including phenoxy) is 2. The molecule has 1 amide bonds. The molecule has 0 radical (unpaired) electrons. The minimum Gasteiger partial charge on any atom is -0.381 e. The Labute approximate surface area is 154 Å². The molecule has 3 rings (SSSR count). The maximum absolute atomic E-state index is 12.4. The number of nitrogens with one attached hydrogen (secondary N) is 1. The smallest absolute Gasteiger partial charge is 0.222 e. The molecule has 144 valence electrons. The molecule has 1 N–H and O–H groups in total. The normalized spacial score (nSPS) is 22.3. The summed E-state index contributed by atoms with van der Waals surface area (Å²) in [5.41, 5.74) is 2.09. The van der Waals surface area contributed by atoms with Crippen LogP contribution in [-0.2, 0) is 20.8 Å². The van der Waals surface area contributed by atoms with Crippen LogP contribution in [0.15, 0.2) is 0 Å². The topological polar surface area (TPSA) is 82.5 Å². The molecule has 1 spiro atoms. The number of ketones is 1. The number of nitrogens with zero attached hydrogens (tertiary/aromatic N) is 2. The zero-order valence-electron chi connectivity index (χ0n) is 16.0. The number of rotatable bonds is 5. The van der Waals surface area contributed by atoms with Crippen LogP contribution in [0.5, 0.6) is 0 Å². The highest BCUT2D eigenvalue weighted by Gasteiger charge is 2.39. The molecule has 0 bridgehead atoms. The van der Waals surface area contributed by atoms with Crippen molar-refractivity contribution in [3.05, 3.63) is 17.0 Å². The Balaban J connectivity index is 1.53. The summed E-state index contributed by atoms with van der Waals surface area (Å²) < 4.78 is 13.2. The van der Waals surface area contributed by atoms with E-state index in [1.54, 1.807) is 11.6 Å². The van der Waals surface area contributed by atoms with Gasteiger partial charge in [0.2, 0.25) is 5.91 Å². The molecule has 26 heavy (non-hydrogen) atoms. The van der Waals surface area contributed by atoms with Crippen molar-refractivity contribution in [3.8, 4) is 0 Å². The molecular formula is C19H29N3O4. The lowest BCUT2D eigenvalue weighted by Crippen LogP contribution is -2.51. The first-order valence-corrected chi connectivity index (χ1v) is 9.46. The number of carbonyl (C=O) groups is 2. The fourth-order valence-electron chi connectivity index (χ4n) is 4.17. The number of aryl methyl sites for hydroxylation is 2. The molecule has 0 aliphatic carbocycles. The molecule has 2 saturated heterocycles. The number of hydrogen-bond acceptors (Lipinski definition) is 5. The summed E-state index contributed by atoms with van der Waals surface area (Å²) in [5, 5.41) is 7.56. The first-order chi connectivity index (χ1) is 12.4. The summed E-state index contributed by atoms with van der Waals surface area (Å²) in [6, 6.07) is 0.155. The van der Waals surface area contributed by atoms with E-state index >= 15 is 0 Å². The predicted molar refractivity (Wildman–Crippen MR) is 96.2 cm³/mol. The average Bonchev–Trinajstić information content (AvgIpc) is 2.87. The van der Waals surface area contributed by atoms with Crippen LogP contribution in [0.3, 0.4) is 0 Å². The predicted octanol–water partition coefficient (Wildman–Crippen LogP) is 1.94. The zero-order chi connectivity index (χ0) is 18.7. The summed E-state index contributed by atoms with van der Waals surface area (Å²) in [4.78, 5) is 24.1. The van der Waals surface area contributed by atoms with Gasteiger partial charge < -0.3 is 14.8 Å². The van der Waals surface area contributed by atoms with Crippen molar-refractivity contribution in [2.75, 3.05) is 19.8 Å². The summed E-state index contributed by atoms with van der Waals surface area (Å²) in [6.45, 7) is 7.88. The van der Waals surface area contributed by atoms with E-state index in [1.165, 1.54) is 0 Å². The molecule has 1 aromatic rings. The third-order valence-corrected chi connectivity index (χ3v) is 5.55. The molecule has 2 aliphatic rings. The maximum atomic E-state index is 12.4. The lowest BCUT2D eigenvalue weighted by Gasteiger charge is -2.43. The quantitative estimate of drug-likeness (QED) is 0.809. The third kappa shape index (κ3) is 4.15. The van der Waals surface area contributed by atoms with Crippen molar-refractivity contribution in [1.82, 2.24) is 15.1 Å². The number of aromatic nitrogens is 2. The molecule has 7 heteroatoms. The fourth-order valence-corrected chi connectivity index (χ4v) is 4.17. The van der Waals surface area contributed by atoms with Gasteiger partial charge in [-0.25, -0.2) is 0 Å². The van der Waals surface area contributed by atoms with Gasteiger partial charge in [0.25, 0.3) is 0 Å². The van der Waals surface area contributed by atoms with E-state index in [9.17, 15) is 9.59 Å². The summed E-state index contributed by atoms with van der Waals surface area (Å²) in [7, 11) is 0. The van der Waals surface area contributed by atoms with Crippen molar-refractivity contribution in [2.24, 2.45) is 0 Å². The summed E-state index contributed by atoms with van der Waals surface area (Å²) in [5.74, 6) is 0.0377. The van der Waals surface area contributed by atoms with Crippen LogP contribution in [0.4, 0.5) is 0 Å². The van der Waals surface area contributed by atoms with Gasteiger partial charge in [0.05, 0.1) is 16.9 Å². The Morgan fingerprint density at radius 2 is 2.00 bits per heavy atom. The molecule has 2 fully saturated rings. The Bertz CT molecular complexity index is 671. The van der Waals surface area contributed by atoms with Crippen LogP contribution in [0.25, 0.3) is 0 Å². The monoisotopic (exact) mass is 363 g/mol. The molecule has 0 saturated carbocycles. The van der Waals surface area contributed by atoms with Gasteiger partial charge in [-0.05, 0) is 46.5 Å². The van der Waals surface area contributed by atoms with Gasteiger partial charge in [-0.2, -0.15) is 5.10 Å².